The highest BCUT2D eigenvalue weighted by atomic mass is 15.1. The van der Waals surface area contributed by atoms with Crippen molar-refractivity contribution < 1.29 is 0 Å². The second kappa shape index (κ2) is 3.20. The van der Waals surface area contributed by atoms with Crippen LogP contribution in [0.3, 0.4) is 0 Å². The lowest BCUT2D eigenvalue weighted by atomic mass is 9.80. The number of nitrogens with one attached hydrogen (secondary N) is 1. The first-order valence-electron chi connectivity index (χ1n) is 5.91. The van der Waals surface area contributed by atoms with Gasteiger partial charge in [0.25, 0.3) is 0 Å². The molecule has 2 atom stereocenters. The van der Waals surface area contributed by atoms with E-state index in [0.717, 1.165) is 0 Å². The minimum Gasteiger partial charge on any atom is -0.367 e. The molecule has 2 aliphatic rings. The third kappa shape index (κ3) is 1.12. The maximum absolute atomic E-state index is 4.56. The molecule has 4 rings (SSSR count). The Bertz CT molecular complexity index is 616. The molecule has 0 bridgehead atoms. The number of fused-ring (bicyclic) bond motifs is 6. The highest BCUT2D eigenvalue weighted by Gasteiger charge is 2.34. The molecule has 0 aromatic heterocycles. The molecule has 2 aromatic carbocycles. The monoisotopic (exact) mass is 220 g/mol. The zero-order chi connectivity index (χ0) is 11.2. The smallest absolute Gasteiger partial charge is 0.102 e. The van der Waals surface area contributed by atoms with Gasteiger partial charge in [-0.1, -0.05) is 48.5 Å². The Kier molecular flexibility index (Phi) is 1.69. The van der Waals surface area contributed by atoms with Crippen molar-refractivity contribution in [1.29, 1.82) is 0 Å². The molecule has 1 heterocycles. The molecule has 1 aliphatic carbocycles. The maximum atomic E-state index is 4.56. The van der Waals surface area contributed by atoms with Crippen molar-refractivity contribution in [1.82, 2.24) is 5.32 Å². The summed E-state index contributed by atoms with van der Waals surface area (Å²) in [6, 6.07) is 17.7. The Labute approximate surface area is 100 Å². The van der Waals surface area contributed by atoms with Gasteiger partial charge in [-0.15, -0.1) is 0 Å². The summed E-state index contributed by atoms with van der Waals surface area (Å²) in [6.07, 6.45) is 1.84. The molecule has 1 aliphatic heterocycles. The van der Waals surface area contributed by atoms with Crippen molar-refractivity contribution in [3.63, 3.8) is 0 Å². The van der Waals surface area contributed by atoms with Crippen LogP contribution in [0.4, 0.5) is 0 Å². The van der Waals surface area contributed by atoms with Gasteiger partial charge in [0.2, 0.25) is 0 Å². The third-order valence-electron chi connectivity index (χ3n) is 3.67. The second-order valence-corrected chi connectivity index (χ2v) is 4.54. The highest BCUT2D eigenvalue weighted by Crippen LogP contribution is 2.47. The van der Waals surface area contributed by atoms with Gasteiger partial charge in [-0.05, 0) is 22.3 Å². The normalized spacial score (nSPS) is 23.5. The minimum atomic E-state index is 0.237. The van der Waals surface area contributed by atoms with Crippen molar-refractivity contribution in [3.8, 4) is 11.1 Å². The molecule has 0 saturated heterocycles. The number of aliphatic imine (C=N–C) groups is 1. The van der Waals surface area contributed by atoms with Crippen LogP contribution in [0.25, 0.3) is 11.1 Å². The average molecular weight is 220 g/mol. The fraction of sp³-hybridized carbons (Fsp3) is 0.133. The van der Waals surface area contributed by atoms with Gasteiger partial charge in [0, 0.05) is 0 Å². The number of hydrogen-bond donors (Lipinski definition) is 1. The molecule has 0 radical (unpaired) electrons. The summed E-state index contributed by atoms with van der Waals surface area (Å²) < 4.78 is 0. The summed E-state index contributed by atoms with van der Waals surface area (Å²) in [4.78, 5) is 4.56. The minimum absolute atomic E-state index is 0.237. The van der Waals surface area contributed by atoms with Crippen LogP contribution in [0.1, 0.15) is 23.2 Å². The molecular weight excluding hydrogens is 208 g/mol. The van der Waals surface area contributed by atoms with Crippen LogP contribution < -0.4 is 5.32 Å². The Hall–Kier alpha value is -2.09. The van der Waals surface area contributed by atoms with Gasteiger partial charge in [0.05, 0.1) is 12.4 Å². The maximum Gasteiger partial charge on any atom is 0.102 e. The molecule has 0 fully saturated rings. The molecule has 2 heteroatoms. The van der Waals surface area contributed by atoms with Gasteiger partial charge in [-0.3, -0.25) is 4.99 Å². The van der Waals surface area contributed by atoms with E-state index in [9.17, 15) is 0 Å². The van der Waals surface area contributed by atoms with Gasteiger partial charge in [-0.2, -0.15) is 0 Å². The van der Waals surface area contributed by atoms with Crippen LogP contribution in [0, 0.1) is 0 Å². The summed E-state index contributed by atoms with van der Waals surface area (Å²) >= 11 is 0. The Morgan fingerprint density at radius 2 is 1.47 bits per heavy atom. The second-order valence-electron chi connectivity index (χ2n) is 4.54. The number of nitrogens with zero attached hydrogens (tertiary/aromatic N) is 1. The summed E-state index contributed by atoms with van der Waals surface area (Å²) in [5, 5.41) is 3.36. The van der Waals surface area contributed by atoms with Crippen molar-refractivity contribution in [2.24, 2.45) is 4.99 Å². The molecule has 2 nitrogen and oxygen atoms in total. The number of rotatable bonds is 0. The van der Waals surface area contributed by atoms with Crippen LogP contribution in [0.5, 0.6) is 0 Å². The molecule has 17 heavy (non-hydrogen) atoms. The molecule has 82 valence electrons. The summed E-state index contributed by atoms with van der Waals surface area (Å²) in [5.41, 5.74) is 5.35. The SMILES string of the molecule is C1=N[C@@H]2c3ccccc3-c3ccccc3[C@H]2N1. The van der Waals surface area contributed by atoms with Gasteiger partial charge < -0.3 is 5.32 Å². The van der Waals surface area contributed by atoms with Crippen LogP contribution in [-0.2, 0) is 0 Å². The first-order chi connectivity index (χ1) is 8.45. The van der Waals surface area contributed by atoms with Gasteiger partial charge >= 0.3 is 0 Å². The van der Waals surface area contributed by atoms with Crippen LogP contribution >= 0.6 is 0 Å². The Morgan fingerprint density at radius 3 is 2.29 bits per heavy atom. The third-order valence-corrected chi connectivity index (χ3v) is 3.67. The van der Waals surface area contributed by atoms with Gasteiger partial charge in [-0.25, -0.2) is 0 Å². The Balaban J connectivity index is 2.06. The average Bonchev–Trinajstić information content (AvgIpc) is 2.89. The summed E-state index contributed by atoms with van der Waals surface area (Å²) in [6.45, 7) is 0. The molecular formula is C15H12N2. The zero-order valence-corrected chi connectivity index (χ0v) is 9.30. The molecule has 0 unspecified atom stereocenters. The van der Waals surface area contributed by atoms with E-state index in [1.807, 2.05) is 6.34 Å². The van der Waals surface area contributed by atoms with E-state index in [2.05, 4.69) is 58.8 Å². The molecule has 0 spiro atoms. The fourth-order valence-corrected chi connectivity index (χ4v) is 2.91. The van der Waals surface area contributed by atoms with E-state index in [0.29, 0.717) is 6.04 Å². The highest BCUT2D eigenvalue weighted by molar-refractivity contribution is 5.77. The van der Waals surface area contributed by atoms with Crippen LogP contribution in [-0.4, -0.2) is 6.34 Å². The lowest BCUT2D eigenvalue weighted by Crippen LogP contribution is -2.22. The summed E-state index contributed by atoms with van der Waals surface area (Å²) in [5.74, 6) is 0. The molecule has 0 saturated carbocycles. The van der Waals surface area contributed by atoms with E-state index >= 15 is 0 Å². The zero-order valence-electron chi connectivity index (χ0n) is 9.30. The quantitative estimate of drug-likeness (QED) is 0.725. The van der Waals surface area contributed by atoms with Crippen LogP contribution in [0.2, 0.25) is 0 Å². The van der Waals surface area contributed by atoms with E-state index < -0.39 is 0 Å². The van der Waals surface area contributed by atoms with Crippen molar-refractivity contribution in [2.45, 2.75) is 12.1 Å². The van der Waals surface area contributed by atoms with E-state index in [1.54, 1.807) is 0 Å². The lowest BCUT2D eigenvalue weighted by Gasteiger charge is -2.29. The standard InChI is InChI=1S/C15H12N2/c1-3-7-12-10(5-1)11-6-2-4-8-13(11)15-14(12)16-9-17-15/h1-9,14-15H,(H,16,17)/t14-,15-/m1/s1. The predicted molar refractivity (Wildman–Crippen MR) is 69.0 cm³/mol. The largest absolute Gasteiger partial charge is 0.367 e. The van der Waals surface area contributed by atoms with Crippen molar-refractivity contribution >= 4 is 6.34 Å². The van der Waals surface area contributed by atoms with Crippen molar-refractivity contribution in [2.75, 3.05) is 0 Å². The molecule has 0 amide bonds. The predicted octanol–water partition coefficient (Wildman–Crippen LogP) is 3.08. The number of benzene rings is 2. The first-order valence-corrected chi connectivity index (χ1v) is 5.91. The molecule has 1 N–H and O–H groups in total. The first kappa shape index (κ1) is 8.99. The Morgan fingerprint density at radius 1 is 0.824 bits per heavy atom. The lowest BCUT2D eigenvalue weighted by molar-refractivity contribution is 0.567. The van der Waals surface area contributed by atoms with Gasteiger partial charge in [0.15, 0.2) is 0 Å². The van der Waals surface area contributed by atoms with E-state index in [1.165, 1.54) is 22.3 Å². The number of hydrogen-bond acceptors (Lipinski definition) is 2. The van der Waals surface area contributed by atoms with Gasteiger partial charge in [0.1, 0.15) is 6.04 Å². The summed E-state index contributed by atoms with van der Waals surface area (Å²) in [7, 11) is 0. The molecule has 2 aromatic rings. The topological polar surface area (TPSA) is 24.4 Å². The van der Waals surface area contributed by atoms with Crippen molar-refractivity contribution in [3.05, 3.63) is 59.7 Å². The van der Waals surface area contributed by atoms with Crippen LogP contribution in [0.15, 0.2) is 53.5 Å². The van der Waals surface area contributed by atoms with E-state index in [-0.39, 0.29) is 6.04 Å². The fourth-order valence-electron chi connectivity index (χ4n) is 2.91. The van der Waals surface area contributed by atoms with E-state index in [4.69, 9.17) is 0 Å².